The zero-order valence-corrected chi connectivity index (χ0v) is 18.0. The number of sulfone groups is 1. The van der Waals surface area contributed by atoms with Crippen molar-refractivity contribution in [1.29, 1.82) is 0 Å². The molecule has 4 rings (SSSR count). The molecule has 0 radical (unpaired) electrons. The summed E-state index contributed by atoms with van der Waals surface area (Å²) in [4.78, 5) is 13.9. The quantitative estimate of drug-likeness (QED) is 0.801. The lowest BCUT2D eigenvalue weighted by Crippen LogP contribution is -2.51. The van der Waals surface area contributed by atoms with Crippen molar-refractivity contribution in [3.63, 3.8) is 0 Å². The Balaban J connectivity index is 1.71. The number of hydrogen-bond donors (Lipinski definition) is 1. The number of hydrogen-bond acceptors (Lipinski definition) is 3. The Bertz CT molecular complexity index is 1040. The highest BCUT2D eigenvalue weighted by molar-refractivity contribution is 7.93. The van der Waals surface area contributed by atoms with Gasteiger partial charge in [-0.25, -0.2) is 8.42 Å². The molecule has 29 heavy (non-hydrogen) atoms. The van der Waals surface area contributed by atoms with E-state index in [1.165, 1.54) is 5.56 Å². The maximum absolute atomic E-state index is 13.8. The predicted octanol–water partition coefficient (Wildman–Crippen LogP) is 4.58. The highest BCUT2D eigenvalue weighted by Gasteiger charge is 2.53. The largest absolute Gasteiger partial charge is 0.348 e. The van der Waals surface area contributed by atoms with E-state index in [2.05, 4.69) is 17.4 Å². The van der Waals surface area contributed by atoms with E-state index in [4.69, 9.17) is 0 Å². The van der Waals surface area contributed by atoms with Crippen molar-refractivity contribution in [2.24, 2.45) is 0 Å². The molecule has 0 aliphatic heterocycles. The van der Waals surface area contributed by atoms with Crippen molar-refractivity contribution in [3.8, 4) is 0 Å². The van der Waals surface area contributed by atoms with Crippen LogP contribution in [0.4, 0.5) is 0 Å². The van der Waals surface area contributed by atoms with Gasteiger partial charge in [-0.15, -0.1) is 0 Å². The average molecular weight is 412 g/mol. The van der Waals surface area contributed by atoms with Gasteiger partial charge in [0.15, 0.2) is 14.6 Å². The molecule has 0 unspecified atom stereocenters. The molecular formula is C24H29NO3S. The molecule has 1 amide bonds. The fraction of sp³-hybridized carbons (Fsp3) is 0.458. The zero-order valence-electron chi connectivity index (χ0n) is 17.2. The average Bonchev–Trinajstić information content (AvgIpc) is 3.22. The van der Waals surface area contributed by atoms with Crippen molar-refractivity contribution in [3.05, 3.63) is 64.7 Å². The van der Waals surface area contributed by atoms with Crippen LogP contribution in [-0.4, -0.2) is 19.1 Å². The zero-order chi connectivity index (χ0) is 20.6. The maximum atomic E-state index is 13.8. The number of nitrogens with one attached hydrogen (secondary N) is 1. The van der Waals surface area contributed by atoms with Gasteiger partial charge in [-0.3, -0.25) is 4.79 Å². The van der Waals surface area contributed by atoms with Gasteiger partial charge >= 0.3 is 0 Å². The Kier molecular flexibility index (Phi) is 5.28. The van der Waals surface area contributed by atoms with Crippen molar-refractivity contribution >= 4 is 15.7 Å². The van der Waals surface area contributed by atoms with E-state index >= 15 is 0 Å². The van der Waals surface area contributed by atoms with Crippen LogP contribution >= 0.6 is 0 Å². The predicted molar refractivity (Wildman–Crippen MR) is 115 cm³/mol. The Morgan fingerprint density at radius 3 is 2.52 bits per heavy atom. The molecule has 1 saturated carbocycles. The molecule has 2 aromatic rings. The monoisotopic (exact) mass is 411 g/mol. The summed E-state index contributed by atoms with van der Waals surface area (Å²) in [7, 11) is -3.79. The van der Waals surface area contributed by atoms with E-state index in [1.54, 1.807) is 6.07 Å². The first kappa shape index (κ1) is 20.1. The first-order valence-corrected chi connectivity index (χ1v) is 12.0. The number of benzene rings is 2. The standard InChI is InChI=1S/C24H29NO3S/c1-17-12-13-18(2)22(16-17)29(27,28)24(14-5-6-15-24)23(26)25-21-11-7-9-19-8-3-4-10-20(19)21/h3-4,8,10,12-13,16,21H,5-7,9,11,14-15H2,1-2H3,(H,25,26)/t21-/m0/s1. The number of fused-ring (bicyclic) bond motifs is 1. The lowest BCUT2D eigenvalue weighted by molar-refractivity contribution is -0.124. The topological polar surface area (TPSA) is 63.2 Å². The lowest BCUT2D eigenvalue weighted by Gasteiger charge is -2.33. The molecule has 2 aliphatic rings. The van der Waals surface area contributed by atoms with Crippen molar-refractivity contribution in [2.75, 3.05) is 0 Å². The van der Waals surface area contributed by atoms with Crippen LogP contribution in [0.15, 0.2) is 47.4 Å². The molecule has 0 aromatic heterocycles. The summed E-state index contributed by atoms with van der Waals surface area (Å²) in [6, 6.07) is 13.5. The van der Waals surface area contributed by atoms with Gasteiger partial charge in [0.1, 0.15) is 0 Å². The molecule has 1 atom stereocenters. The Morgan fingerprint density at radius 2 is 1.76 bits per heavy atom. The van der Waals surface area contributed by atoms with Crippen molar-refractivity contribution in [1.82, 2.24) is 5.32 Å². The van der Waals surface area contributed by atoms with Gasteiger partial charge in [0, 0.05) is 0 Å². The van der Waals surface area contributed by atoms with Gasteiger partial charge in [-0.05, 0) is 74.3 Å². The van der Waals surface area contributed by atoms with Crippen LogP contribution in [0.5, 0.6) is 0 Å². The Labute approximate surface area is 173 Å². The summed E-state index contributed by atoms with van der Waals surface area (Å²) >= 11 is 0. The van der Waals surface area contributed by atoms with Gasteiger partial charge < -0.3 is 5.32 Å². The summed E-state index contributed by atoms with van der Waals surface area (Å²) in [5.74, 6) is -0.322. The van der Waals surface area contributed by atoms with Crippen LogP contribution in [-0.2, 0) is 21.1 Å². The SMILES string of the molecule is Cc1ccc(C)c(S(=O)(=O)C2(C(=O)N[C@H]3CCCc4ccccc43)CCCC2)c1. The fourth-order valence-corrected chi connectivity index (χ4v) is 7.35. The minimum Gasteiger partial charge on any atom is -0.348 e. The molecule has 2 aliphatic carbocycles. The highest BCUT2D eigenvalue weighted by atomic mass is 32.2. The third kappa shape index (κ3) is 3.39. The van der Waals surface area contributed by atoms with Gasteiger partial charge in [0.05, 0.1) is 10.9 Å². The second-order valence-corrected chi connectivity index (χ2v) is 10.8. The van der Waals surface area contributed by atoms with E-state index in [-0.39, 0.29) is 11.9 Å². The van der Waals surface area contributed by atoms with Crippen LogP contribution in [0.2, 0.25) is 0 Å². The fourth-order valence-electron chi connectivity index (χ4n) is 4.96. The first-order valence-electron chi connectivity index (χ1n) is 10.6. The van der Waals surface area contributed by atoms with E-state index in [9.17, 15) is 13.2 Å². The first-order chi connectivity index (χ1) is 13.8. The van der Waals surface area contributed by atoms with Crippen molar-refractivity contribution < 1.29 is 13.2 Å². The molecule has 0 bridgehead atoms. The van der Waals surface area contributed by atoms with Gasteiger partial charge in [0.2, 0.25) is 5.91 Å². The Hall–Kier alpha value is -2.14. The second-order valence-electron chi connectivity index (χ2n) is 8.59. The van der Waals surface area contributed by atoms with E-state index < -0.39 is 14.6 Å². The molecule has 0 saturated heterocycles. The number of amides is 1. The third-order valence-corrected chi connectivity index (χ3v) is 9.29. The van der Waals surface area contributed by atoms with Gasteiger partial charge in [-0.2, -0.15) is 0 Å². The number of rotatable bonds is 4. The summed E-state index contributed by atoms with van der Waals surface area (Å²) in [5, 5.41) is 3.15. The van der Waals surface area contributed by atoms with Crippen molar-refractivity contribution in [2.45, 2.75) is 74.5 Å². The Morgan fingerprint density at radius 1 is 1.03 bits per heavy atom. The van der Waals surface area contributed by atoms with Gasteiger partial charge in [-0.1, -0.05) is 49.2 Å². The summed E-state index contributed by atoms with van der Waals surface area (Å²) in [5.41, 5.74) is 3.98. The van der Waals surface area contributed by atoms with E-state index in [0.717, 1.165) is 43.2 Å². The van der Waals surface area contributed by atoms with Crippen LogP contribution in [0.1, 0.15) is 66.8 Å². The van der Waals surface area contributed by atoms with Gasteiger partial charge in [0.25, 0.3) is 0 Å². The number of carbonyl (C=O) groups is 1. The molecule has 1 N–H and O–H groups in total. The maximum Gasteiger partial charge on any atom is 0.242 e. The van der Waals surface area contributed by atoms with Crippen LogP contribution in [0, 0.1) is 13.8 Å². The third-order valence-electron chi connectivity index (χ3n) is 6.65. The smallest absolute Gasteiger partial charge is 0.242 e. The van der Waals surface area contributed by atoms with E-state index in [1.807, 2.05) is 38.1 Å². The summed E-state index contributed by atoms with van der Waals surface area (Å²) < 4.78 is 26.2. The minimum atomic E-state index is -3.79. The molecular weight excluding hydrogens is 382 g/mol. The summed E-state index contributed by atoms with van der Waals surface area (Å²) in [6.45, 7) is 3.70. The summed E-state index contributed by atoms with van der Waals surface area (Å²) in [6.07, 6.45) is 5.17. The molecule has 0 heterocycles. The molecule has 1 fully saturated rings. The van der Waals surface area contributed by atoms with E-state index in [0.29, 0.717) is 23.3 Å². The molecule has 0 spiro atoms. The molecule has 2 aromatic carbocycles. The minimum absolute atomic E-state index is 0.112. The van der Waals surface area contributed by atoms with Crippen LogP contribution < -0.4 is 5.32 Å². The normalized spacial score (nSPS) is 20.8. The number of carbonyl (C=O) groups excluding carboxylic acids is 1. The molecule has 5 heteroatoms. The lowest BCUT2D eigenvalue weighted by atomic mass is 9.87. The van der Waals surface area contributed by atoms with Crippen LogP contribution in [0.25, 0.3) is 0 Å². The molecule has 154 valence electrons. The number of aryl methyl sites for hydroxylation is 3. The highest BCUT2D eigenvalue weighted by Crippen LogP contribution is 2.42. The van der Waals surface area contributed by atoms with Crippen LogP contribution in [0.3, 0.4) is 0 Å². The second kappa shape index (κ2) is 7.60. The molecule has 4 nitrogen and oxygen atoms in total.